The summed E-state index contributed by atoms with van der Waals surface area (Å²) in [6.07, 6.45) is 0. The molecule has 0 bridgehead atoms. The molecule has 6 nitrogen and oxygen atoms in total. The van der Waals surface area contributed by atoms with Crippen molar-refractivity contribution in [2.45, 2.75) is 32.4 Å². The van der Waals surface area contributed by atoms with E-state index in [0.29, 0.717) is 0 Å². The van der Waals surface area contributed by atoms with Crippen molar-refractivity contribution in [3.63, 3.8) is 0 Å². The molecule has 0 radical (unpaired) electrons. The lowest BCUT2D eigenvalue weighted by Gasteiger charge is -2.28. The number of rotatable bonds is 8. The van der Waals surface area contributed by atoms with E-state index >= 15 is 0 Å². The molecule has 0 aliphatic carbocycles. The van der Waals surface area contributed by atoms with E-state index in [2.05, 4.69) is 70.8 Å². The van der Waals surface area contributed by atoms with Gasteiger partial charge < -0.3 is 20.1 Å². The van der Waals surface area contributed by atoms with Gasteiger partial charge in [-0.15, -0.1) is 24.0 Å². The Morgan fingerprint density at radius 3 is 2.31 bits per heavy atom. The summed E-state index contributed by atoms with van der Waals surface area (Å²) in [6, 6.07) is 16.9. The SMILES string of the molecule is CN=C(NCc1ccccc1CN1CCOCC1)NCC(C)(C)c1ccc(OC)cc1.I. The molecule has 0 amide bonds. The Balaban J connectivity index is 0.00000363. The van der Waals surface area contributed by atoms with Gasteiger partial charge in [-0.1, -0.05) is 50.2 Å². The first-order chi connectivity index (χ1) is 15.0. The molecule has 0 saturated carbocycles. The molecule has 1 aliphatic heterocycles. The van der Waals surface area contributed by atoms with Crippen molar-refractivity contribution < 1.29 is 9.47 Å². The average Bonchev–Trinajstić information content (AvgIpc) is 2.81. The molecule has 32 heavy (non-hydrogen) atoms. The normalized spacial score (nSPS) is 15.1. The lowest BCUT2D eigenvalue weighted by atomic mass is 9.84. The lowest BCUT2D eigenvalue weighted by molar-refractivity contribution is 0.0341. The Labute approximate surface area is 209 Å². The van der Waals surface area contributed by atoms with E-state index in [-0.39, 0.29) is 29.4 Å². The van der Waals surface area contributed by atoms with Crippen LogP contribution in [0, 0.1) is 0 Å². The number of halogens is 1. The molecular formula is C25H37IN4O2. The average molecular weight is 553 g/mol. The molecule has 0 atom stereocenters. The standard InChI is InChI=1S/C25H36N4O2.HI/c1-25(2,22-9-11-23(30-4)12-10-22)19-28-24(26-3)27-17-20-7-5-6-8-21(20)18-29-13-15-31-16-14-29;/h5-12H,13-19H2,1-4H3,(H2,26,27,28);1H. The molecule has 3 rings (SSSR count). The fraction of sp³-hybridized carbons (Fsp3) is 0.480. The van der Waals surface area contributed by atoms with Gasteiger partial charge in [-0.05, 0) is 28.8 Å². The molecule has 0 unspecified atom stereocenters. The molecule has 1 saturated heterocycles. The summed E-state index contributed by atoms with van der Waals surface area (Å²) in [5.41, 5.74) is 3.86. The van der Waals surface area contributed by atoms with Crippen LogP contribution in [0.3, 0.4) is 0 Å². The number of guanidine groups is 1. The first-order valence-electron chi connectivity index (χ1n) is 11.0. The summed E-state index contributed by atoms with van der Waals surface area (Å²) in [5.74, 6) is 1.68. The summed E-state index contributed by atoms with van der Waals surface area (Å²) >= 11 is 0. The number of morpholine rings is 1. The molecule has 7 heteroatoms. The summed E-state index contributed by atoms with van der Waals surface area (Å²) in [4.78, 5) is 6.87. The topological polar surface area (TPSA) is 58.1 Å². The van der Waals surface area contributed by atoms with Crippen LogP contribution >= 0.6 is 24.0 Å². The number of benzene rings is 2. The van der Waals surface area contributed by atoms with Gasteiger partial charge in [-0.2, -0.15) is 0 Å². The molecule has 0 aromatic heterocycles. The van der Waals surface area contributed by atoms with Crippen LogP contribution < -0.4 is 15.4 Å². The summed E-state index contributed by atoms with van der Waals surface area (Å²) < 4.78 is 10.7. The molecule has 2 aromatic carbocycles. The third kappa shape index (κ3) is 7.64. The second kappa shape index (κ2) is 13.0. The van der Waals surface area contributed by atoms with Crippen LogP contribution in [-0.4, -0.2) is 57.9 Å². The largest absolute Gasteiger partial charge is 0.497 e. The minimum atomic E-state index is -0.0435. The number of methoxy groups -OCH3 is 1. The van der Waals surface area contributed by atoms with Gasteiger partial charge in [0.15, 0.2) is 5.96 Å². The van der Waals surface area contributed by atoms with Crippen molar-refractivity contribution >= 4 is 29.9 Å². The first-order valence-corrected chi connectivity index (χ1v) is 11.0. The van der Waals surface area contributed by atoms with Gasteiger partial charge in [0.2, 0.25) is 0 Å². The third-order valence-electron chi connectivity index (χ3n) is 5.86. The van der Waals surface area contributed by atoms with Crippen molar-refractivity contribution in [1.82, 2.24) is 15.5 Å². The van der Waals surface area contributed by atoms with Gasteiger partial charge in [0, 0.05) is 45.2 Å². The summed E-state index contributed by atoms with van der Waals surface area (Å²) in [5, 5.41) is 6.97. The fourth-order valence-electron chi connectivity index (χ4n) is 3.73. The van der Waals surface area contributed by atoms with Crippen LogP contribution in [0.2, 0.25) is 0 Å². The molecule has 1 heterocycles. The monoisotopic (exact) mass is 552 g/mol. The Bertz CT molecular complexity index is 849. The maximum Gasteiger partial charge on any atom is 0.191 e. The van der Waals surface area contributed by atoms with Crippen LogP contribution in [0.25, 0.3) is 0 Å². The van der Waals surface area contributed by atoms with Crippen LogP contribution in [0.1, 0.15) is 30.5 Å². The van der Waals surface area contributed by atoms with E-state index in [1.54, 1.807) is 7.11 Å². The number of hydrogen-bond acceptors (Lipinski definition) is 4. The fourth-order valence-corrected chi connectivity index (χ4v) is 3.73. The third-order valence-corrected chi connectivity index (χ3v) is 5.86. The zero-order valence-corrected chi connectivity index (χ0v) is 22.0. The highest BCUT2D eigenvalue weighted by Crippen LogP contribution is 2.24. The van der Waals surface area contributed by atoms with Crippen molar-refractivity contribution in [3.8, 4) is 5.75 Å². The molecule has 176 valence electrons. The van der Waals surface area contributed by atoms with E-state index < -0.39 is 0 Å². The highest BCUT2D eigenvalue weighted by molar-refractivity contribution is 14.0. The second-order valence-corrected chi connectivity index (χ2v) is 8.55. The van der Waals surface area contributed by atoms with Crippen molar-refractivity contribution in [2.24, 2.45) is 4.99 Å². The molecule has 2 aromatic rings. The Morgan fingerprint density at radius 2 is 1.69 bits per heavy atom. The van der Waals surface area contributed by atoms with Gasteiger partial charge in [0.25, 0.3) is 0 Å². The van der Waals surface area contributed by atoms with Crippen LogP contribution in [0.15, 0.2) is 53.5 Å². The molecule has 1 aliphatic rings. The zero-order chi connectivity index (χ0) is 22.1. The predicted octanol–water partition coefficient (Wildman–Crippen LogP) is 3.79. The van der Waals surface area contributed by atoms with E-state index in [9.17, 15) is 0 Å². The maximum absolute atomic E-state index is 5.47. The van der Waals surface area contributed by atoms with E-state index in [4.69, 9.17) is 9.47 Å². The number of aliphatic imine (C=N–C) groups is 1. The molecular weight excluding hydrogens is 515 g/mol. The first kappa shape index (κ1) is 26.4. The van der Waals surface area contributed by atoms with Gasteiger partial charge >= 0.3 is 0 Å². The smallest absolute Gasteiger partial charge is 0.191 e. The molecule has 2 N–H and O–H groups in total. The summed E-state index contributed by atoms with van der Waals surface area (Å²) in [6.45, 7) is 10.5. The maximum atomic E-state index is 5.47. The quantitative estimate of drug-likeness (QED) is 0.297. The number of ether oxygens (including phenoxy) is 2. The number of nitrogens with one attached hydrogen (secondary N) is 2. The summed E-state index contributed by atoms with van der Waals surface area (Å²) in [7, 11) is 3.51. The van der Waals surface area contributed by atoms with E-state index in [1.165, 1.54) is 16.7 Å². The van der Waals surface area contributed by atoms with Crippen molar-refractivity contribution in [3.05, 3.63) is 65.2 Å². The highest BCUT2D eigenvalue weighted by atomic mass is 127. The van der Waals surface area contributed by atoms with Gasteiger partial charge in [-0.3, -0.25) is 9.89 Å². The zero-order valence-electron chi connectivity index (χ0n) is 19.7. The van der Waals surface area contributed by atoms with E-state index in [1.807, 2.05) is 19.2 Å². The lowest BCUT2D eigenvalue weighted by Crippen LogP contribution is -2.43. The second-order valence-electron chi connectivity index (χ2n) is 8.55. The van der Waals surface area contributed by atoms with Gasteiger partial charge in [-0.25, -0.2) is 0 Å². The Hall–Kier alpha value is -1.84. The number of nitrogens with zero attached hydrogens (tertiary/aromatic N) is 2. The minimum Gasteiger partial charge on any atom is -0.497 e. The van der Waals surface area contributed by atoms with Crippen LogP contribution in [-0.2, 0) is 23.2 Å². The number of hydrogen-bond donors (Lipinski definition) is 2. The van der Waals surface area contributed by atoms with Crippen LogP contribution in [0.4, 0.5) is 0 Å². The Kier molecular flexibility index (Phi) is 10.7. The van der Waals surface area contributed by atoms with Crippen molar-refractivity contribution in [2.75, 3.05) is 47.0 Å². The Morgan fingerprint density at radius 1 is 1.03 bits per heavy atom. The van der Waals surface area contributed by atoms with Gasteiger partial charge in [0.1, 0.15) is 5.75 Å². The van der Waals surface area contributed by atoms with Gasteiger partial charge in [0.05, 0.1) is 20.3 Å². The highest BCUT2D eigenvalue weighted by Gasteiger charge is 2.21. The van der Waals surface area contributed by atoms with Crippen LogP contribution in [0.5, 0.6) is 5.75 Å². The van der Waals surface area contributed by atoms with Crippen molar-refractivity contribution in [1.29, 1.82) is 0 Å². The predicted molar refractivity (Wildman–Crippen MR) is 142 cm³/mol. The van der Waals surface area contributed by atoms with E-state index in [0.717, 1.165) is 57.6 Å². The molecule has 0 spiro atoms. The molecule has 1 fully saturated rings. The minimum absolute atomic E-state index is 0.